The van der Waals surface area contributed by atoms with E-state index in [2.05, 4.69) is 9.84 Å². The highest BCUT2D eigenvalue weighted by Gasteiger charge is 2.22. The molecule has 0 unspecified atom stereocenters. The van der Waals surface area contributed by atoms with Crippen molar-refractivity contribution >= 4 is 25.7 Å². The third-order valence-electron chi connectivity index (χ3n) is 1.84. The van der Waals surface area contributed by atoms with Crippen LogP contribution in [0.1, 0.15) is 6.92 Å². The van der Waals surface area contributed by atoms with Gasteiger partial charge in [0.2, 0.25) is 0 Å². The number of esters is 1. The number of carbonyl (C=O) groups excluding carboxylic acids is 1. The molecule has 9 heteroatoms. The topological polar surface area (TPSA) is 87.5 Å². The molecule has 0 radical (unpaired) electrons. The van der Waals surface area contributed by atoms with Crippen LogP contribution in [0.2, 0.25) is 0 Å². The van der Waals surface area contributed by atoms with Crippen LogP contribution in [0, 0.1) is 0 Å². The van der Waals surface area contributed by atoms with E-state index in [0.717, 1.165) is 0 Å². The van der Waals surface area contributed by atoms with Crippen molar-refractivity contribution in [2.45, 2.75) is 18.4 Å². The summed E-state index contributed by atoms with van der Waals surface area (Å²) < 4.78 is 33.0. The Balaban J connectivity index is 2.97. The summed E-state index contributed by atoms with van der Waals surface area (Å²) >= 11 is 0. The summed E-state index contributed by atoms with van der Waals surface area (Å²) in [5, 5.41) is 3.82. The molecule has 0 aliphatic heterocycles. The summed E-state index contributed by atoms with van der Waals surface area (Å²) in [6.45, 7) is 1.78. The SMILES string of the molecule is CCn1cc(S(=O)(=O)Cl)c(OCC(=O)OC)n1. The monoisotopic (exact) mass is 282 g/mol. The molecule has 1 heterocycles. The average molecular weight is 283 g/mol. The van der Waals surface area contributed by atoms with Crippen LogP contribution >= 0.6 is 10.7 Å². The molecule has 0 N–H and O–H groups in total. The fourth-order valence-electron chi connectivity index (χ4n) is 1.00. The Labute approximate surface area is 103 Å². The minimum Gasteiger partial charge on any atom is -0.466 e. The number of hydrogen-bond donors (Lipinski definition) is 0. The summed E-state index contributed by atoms with van der Waals surface area (Å²) in [6, 6.07) is 0. The Morgan fingerprint density at radius 3 is 2.71 bits per heavy atom. The van der Waals surface area contributed by atoms with Gasteiger partial charge in [0.25, 0.3) is 14.9 Å². The predicted octanol–water partition coefficient (Wildman–Crippen LogP) is 0.382. The van der Waals surface area contributed by atoms with Crippen LogP contribution in [0.5, 0.6) is 5.88 Å². The Hall–Kier alpha value is -1.28. The van der Waals surface area contributed by atoms with Crippen molar-refractivity contribution in [3.8, 4) is 5.88 Å². The maximum absolute atomic E-state index is 11.2. The highest BCUT2D eigenvalue weighted by molar-refractivity contribution is 8.13. The van der Waals surface area contributed by atoms with Crippen molar-refractivity contribution in [2.75, 3.05) is 13.7 Å². The number of aryl methyl sites for hydroxylation is 1. The lowest BCUT2D eigenvalue weighted by Crippen LogP contribution is -2.13. The van der Waals surface area contributed by atoms with E-state index in [-0.39, 0.29) is 10.8 Å². The smallest absolute Gasteiger partial charge is 0.343 e. The first-order valence-corrected chi connectivity index (χ1v) is 6.91. The van der Waals surface area contributed by atoms with Gasteiger partial charge in [-0.2, -0.15) is 0 Å². The second-order valence-corrected chi connectivity index (χ2v) is 5.49. The van der Waals surface area contributed by atoms with Gasteiger partial charge in [-0.25, -0.2) is 13.2 Å². The zero-order valence-electron chi connectivity index (χ0n) is 9.21. The molecule has 0 amide bonds. The number of hydrogen-bond acceptors (Lipinski definition) is 6. The van der Waals surface area contributed by atoms with E-state index in [1.165, 1.54) is 18.0 Å². The number of nitrogens with zero attached hydrogens (tertiary/aromatic N) is 2. The molecular formula is C8H11ClN2O5S. The second-order valence-electron chi connectivity index (χ2n) is 2.96. The van der Waals surface area contributed by atoms with Gasteiger partial charge in [0, 0.05) is 23.4 Å². The van der Waals surface area contributed by atoms with E-state index >= 15 is 0 Å². The average Bonchev–Trinajstić information content (AvgIpc) is 2.68. The van der Waals surface area contributed by atoms with Crippen LogP contribution in [0.4, 0.5) is 0 Å². The Morgan fingerprint density at radius 1 is 1.59 bits per heavy atom. The lowest BCUT2D eigenvalue weighted by atomic mass is 10.6. The molecule has 1 rings (SSSR count). The van der Waals surface area contributed by atoms with E-state index in [9.17, 15) is 13.2 Å². The van der Waals surface area contributed by atoms with Crippen molar-refractivity contribution in [2.24, 2.45) is 0 Å². The minimum absolute atomic E-state index is 0.216. The largest absolute Gasteiger partial charge is 0.466 e. The highest BCUT2D eigenvalue weighted by Crippen LogP contribution is 2.25. The number of aromatic nitrogens is 2. The Kier molecular flexibility index (Phi) is 4.35. The number of ether oxygens (including phenoxy) is 2. The van der Waals surface area contributed by atoms with Gasteiger partial charge in [-0.05, 0) is 6.92 Å². The minimum atomic E-state index is -3.97. The summed E-state index contributed by atoms with van der Waals surface area (Å²) in [5.74, 6) is -0.860. The maximum atomic E-state index is 11.2. The van der Waals surface area contributed by atoms with Gasteiger partial charge in [0.1, 0.15) is 0 Å². The van der Waals surface area contributed by atoms with Crippen LogP contribution in [-0.4, -0.2) is 37.9 Å². The molecule has 0 atom stereocenters. The van der Waals surface area contributed by atoms with Crippen LogP contribution in [-0.2, 0) is 25.1 Å². The number of rotatable bonds is 5. The van der Waals surface area contributed by atoms with Crippen LogP contribution in [0.3, 0.4) is 0 Å². The third-order valence-corrected chi connectivity index (χ3v) is 3.14. The lowest BCUT2D eigenvalue weighted by Gasteiger charge is -2.02. The van der Waals surface area contributed by atoms with Gasteiger partial charge in [-0.3, -0.25) is 4.68 Å². The van der Waals surface area contributed by atoms with Gasteiger partial charge < -0.3 is 9.47 Å². The molecule has 17 heavy (non-hydrogen) atoms. The van der Waals surface area contributed by atoms with Crippen LogP contribution in [0.25, 0.3) is 0 Å². The fourth-order valence-corrected chi connectivity index (χ4v) is 1.87. The summed E-state index contributed by atoms with van der Waals surface area (Å²) in [4.78, 5) is 10.6. The Bertz CT molecular complexity index is 510. The molecule has 0 aliphatic rings. The molecule has 96 valence electrons. The van der Waals surface area contributed by atoms with E-state index in [1.807, 2.05) is 0 Å². The first-order chi connectivity index (χ1) is 7.88. The summed E-state index contributed by atoms with van der Waals surface area (Å²) in [7, 11) is 2.43. The maximum Gasteiger partial charge on any atom is 0.343 e. The summed E-state index contributed by atoms with van der Waals surface area (Å²) in [6.07, 6.45) is 1.23. The van der Waals surface area contributed by atoms with Gasteiger partial charge in [0.05, 0.1) is 7.11 Å². The predicted molar refractivity (Wildman–Crippen MR) is 58.5 cm³/mol. The van der Waals surface area contributed by atoms with Crippen molar-refractivity contribution < 1.29 is 22.7 Å². The Morgan fingerprint density at radius 2 is 2.24 bits per heavy atom. The van der Waals surface area contributed by atoms with E-state index in [4.69, 9.17) is 15.4 Å². The van der Waals surface area contributed by atoms with Gasteiger partial charge in [-0.15, -0.1) is 5.10 Å². The molecule has 0 bridgehead atoms. The molecule has 0 aromatic carbocycles. The molecule has 0 fully saturated rings. The molecule has 7 nitrogen and oxygen atoms in total. The quantitative estimate of drug-likeness (QED) is 0.573. The molecule has 0 saturated carbocycles. The zero-order chi connectivity index (χ0) is 13.1. The van der Waals surface area contributed by atoms with E-state index in [0.29, 0.717) is 6.54 Å². The summed E-state index contributed by atoms with van der Waals surface area (Å²) in [5.41, 5.74) is 0. The van der Waals surface area contributed by atoms with E-state index in [1.54, 1.807) is 6.92 Å². The van der Waals surface area contributed by atoms with Crippen molar-refractivity contribution in [1.82, 2.24) is 9.78 Å². The molecular weight excluding hydrogens is 272 g/mol. The highest BCUT2D eigenvalue weighted by atomic mass is 35.7. The van der Waals surface area contributed by atoms with Gasteiger partial charge >= 0.3 is 5.97 Å². The number of halogens is 1. The molecule has 0 aliphatic carbocycles. The number of methoxy groups -OCH3 is 1. The third kappa shape index (κ3) is 3.60. The lowest BCUT2D eigenvalue weighted by molar-refractivity contribution is -0.143. The van der Waals surface area contributed by atoms with E-state index < -0.39 is 21.6 Å². The van der Waals surface area contributed by atoms with Gasteiger partial charge in [-0.1, -0.05) is 0 Å². The molecule has 1 aromatic heterocycles. The first-order valence-electron chi connectivity index (χ1n) is 4.60. The first kappa shape index (κ1) is 13.8. The van der Waals surface area contributed by atoms with Crippen LogP contribution < -0.4 is 4.74 Å². The fraction of sp³-hybridized carbons (Fsp3) is 0.500. The molecule has 0 spiro atoms. The number of carbonyl (C=O) groups is 1. The molecule has 1 aromatic rings. The van der Waals surface area contributed by atoms with Crippen molar-refractivity contribution in [1.29, 1.82) is 0 Å². The van der Waals surface area contributed by atoms with Crippen molar-refractivity contribution in [3.05, 3.63) is 6.20 Å². The van der Waals surface area contributed by atoms with Gasteiger partial charge in [0.15, 0.2) is 11.5 Å². The normalized spacial score (nSPS) is 11.2. The zero-order valence-corrected chi connectivity index (χ0v) is 10.8. The standard InChI is InChI=1S/C8H11ClN2O5S/c1-3-11-4-6(17(9,13)14)8(10-11)16-5-7(12)15-2/h4H,3,5H2,1-2H3. The second kappa shape index (κ2) is 5.37. The van der Waals surface area contributed by atoms with Crippen molar-refractivity contribution in [3.63, 3.8) is 0 Å². The van der Waals surface area contributed by atoms with Crippen LogP contribution in [0.15, 0.2) is 11.1 Å². The molecule has 0 saturated heterocycles.